The number of rotatable bonds is 4. The molecule has 2 amide bonds. The molecule has 3 aromatic heterocycles. The Kier molecular flexibility index (Phi) is 4.57. The molecule has 1 fully saturated rings. The minimum atomic E-state index is -0.241. The van der Waals surface area contributed by atoms with Gasteiger partial charge in [-0.2, -0.15) is 5.10 Å². The quantitative estimate of drug-likeness (QED) is 0.640. The van der Waals surface area contributed by atoms with Crippen LogP contribution >= 0.6 is 0 Å². The molecular formula is C18H21N7O2. The Morgan fingerprint density at radius 1 is 1.26 bits per heavy atom. The Morgan fingerprint density at radius 2 is 2.07 bits per heavy atom. The largest absolute Gasteiger partial charge is 0.359 e. The van der Waals surface area contributed by atoms with Crippen LogP contribution in [-0.2, 0) is 4.79 Å². The molecule has 4 rings (SSSR count). The van der Waals surface area contributed by atoms with Crippen molar-refractivity contribution in [3.63, 3.8) is 0 Å². The van der Waals surface area contributed by atoms with Crippen LogP contribution in [0.1, 0.15) is 36.2 Å². The van der Waals surface area contributed by atoms with Gasteiger partial charge in [0.1, 0.15) is 12.1 Å². The van der Waals surface area contributed by atoms with Crippen molar-refractivity contribution in [3.05, 3.63) is 36.7 Å². The number of imidazole rings is 1. The number of carbonyl (C=O) groups excluding carboxylic acids is 2. The molecule has 140 valence electrons. The van der Waals surface area contributed by atoms with Crippen molar-refractivity contribution in [1.29, 1.82) is 0 Å². The number of nitrogens with zero attached hydrogens (tertiary/aromatic N) is 4. The van der Waals surface area contributed by atoms with Crippen molar-refractivity contribution in [1.82, 2.24) is 35.4 Å². The van der Waals surface area contributed by atoms with E-state index in [2.05, 4.69) is 30.8 Å². The summed E-state index contributed by atoms with van der Waals surface area (Å²) in [4.78, 5) is 33.2. The van der Waals surface area contributed by atoms with Crippen molar-refractivity contribution in [3.8, 4) is 5.82 Å². The number of nitrogens with one attached hydrogen (secondary N) is 3. The second-order valence-corrected chi connectivity index (χ2v) is 6.77. The highest BCUT2D eigenvalue weighted by Crippen LogP contribution is 2.25. The number of aromatic amines is 1. The first-order chi connectivity index (χ1) is 13.2. The summed E-state index contributed by atoms with van der Waals surface area (Å²) in [6.07, 6.45) is 9.83. The Bertz CT molecular complexity index is 955. The molecule has 0 saturated heterocycles. The minimum Gasteiger partial charge on any atom is -0.359 e. The average molecular weight is 367 g/mol. The lowest BCUT2D eigenvalue weighted by Gasteiger charge is -2.28. The Morgan fingerprint density at radius 3 is 2.78 bits per heavy atom. The number of hydrogen-bond donors (Lipinski definition) is 3. The first kappa shape index (κ1) is 17.2. The summed E-state index contributed by atoms with van der Waals surface area (Å²) in [5.41, 5.74) is 0.914. The predicted molar refractivity (Wildman–Crippen MR) is 98.3 cm³/mol. The van der Waals surface area contributed by atoms with Gasteiger partial charge in [-0.3, -0.25) is 19.3 Å². The van der Waals surface area contributed by atoms with Gasteiger partial charge in [0.05, 0.1) is 11.7 Å². The van der Waals surface area contributed by atoms with Crippen molar-refractivity contribution in [2.24, 2.45) is 5.92 Å². The summed E-state index contributed by atoms with van der Waals surface area (Å²) in [6.45, 7) is 0. The number of fused-ring (bicyclic) bond motifs is 1. The molecule has 3 aromatic rings. The Balaban J connectivity index is 1.53. The summed E-state index contributed by atoms with van der Waals surface area (Å²) in [5.74, 6) is 0.475. The lowest BCUT2D eigenvalue weighted by atomic mass is 9.85. The van der Waals surface area contributed by atoms with Crippen LogP contribution in [0, 0.1) is 5.92 Å². The third-order valence-electron chi connectivity index (χ3n) is 5.08. The van der Waals surface area contributed by atoms with E-state index in [1.165, 1.54) is 0 Å². The SMILES string of the molecule is CNC(=O)[C@H]1CC[C@H](NC(=O)c2nc(-n3ccnc3)cc3cn[nH]c23)CC1. The van der Waals surface area contributed by atoms with Crippen molar-refractivity contribution in [2.45, 2.75) is 31.7 Å². The molecule has 9 nitrogen and oxygen atoms in total. The monoisotopic (exact) mass is 367 g/mol. The molecule has 3 heterocycles. The molecule has 0 aliphatic heterocycles. The van der Waals surface area contributed by atoms with E-state index < -0.39 is 0 Å². The smallest absolute Gasteiger partial charge is 0.272 e. The van der Waals surface area contributed by atoms with E-state index >= 15 is 0 Å². The molecule has 0 bridgehead atoms. The standard InChI is InChI=1S/C18H21N7O2/c1-19-17(26)11-2-4-13(5-3-11)22-18(27)16-15-12(9-21-24-15)8-14(23-16)25-7-6-20-10-25/h6-11,13H,2-5H2,1H3,(H,19,26)(H,21,24)(H,22,27)/t11-,13-. The second kappa shape index (κ2) is 7.18. The highest BCUT2D eigenvalue weighted by Gasteiger charge is 2.27. The zero-order chi connectivity index (χ0) is 18.8. The van der Waals surface area contributed by atoms with E-state index in [0.29, 0.717) is 17.0 Å². The van der Waals surface area contributed by atoms with Crippen LogP contribution in [0.3, 0.4) is 0 Å². The summed E-state index contributed by atoms with van der Waals surface area (Å²) in [5, 5.41) is 13.5. The molecule has 1 aliphatic carbocycles. The Hall–Kier alpha value is -3.23. The minimum absolute atomic E-state index is 0.0326. The van der Waals surface area contributed by atoms with Crippen LogP contribution in [0.2, 0.25) is 0 Å². The number of pyridine rings is 1. The van der Waals surface area contributed by atoms with Gasteiger partial charge in [0.2, 0.25) is 5.91 Å². The summed E-state index contributed by atoms with van der Waals surface area (Å²) >= 11 is 0. The fraction of sp³-hybridized carbons (Fsp3) is 0.389. The maximum Gasteiger partial charge on any atom is 0.272 e. The molecule has 0 spiro atoms. The first-order valence-corrected chi connectivity index (χ1v) is 9.00. The van der Waals surface area contributed by atoms with Crippen LogP contribution in [-0.4, -0.2) is 49.6 Å². The van der Waals surface area contributed by atoms with E-state index in [-0.39, 0.29) is 23.8 Å². The molecule has 0 unspecified atom stereocenters. The fourth-order valence-electron chi connectivity index (χ4n) is 3.59. The molecular weight excluding hydrogens is 346 g/mol. The highest BCUT2D eigenvalue weighted by atomic mass is 16.2. The van der Waals surface area contributed by atoms with Gasteiger partial charge in [0.15, 0.2) is 5.69 Å². The van der Waals surface area contributed by atoms with Crippen molar-refractivity contribution >= 4 is 22.7 Å². The van der Waals surface area contributed by atoms with Crippen LogP contribution < -0.4 is 10.6 Å². The number of H-pyrrole nitrogens is 1. The van der Waals surface area contributed by atoms with Gasteiger partial charge in [-0.1, -0.05) is 0 Å². The predicted octanol–water partition coefficient (Wildman–Crippen LogP) is 1.18. The number of hydrogen-bond acceptors (Lipinski definition) is 5. The lowest BCUT2D eigenvalue weighted by Crippen LogP contribution is -2.40. The third kappa shape index (κ3) is 3.40. The summed E-state index contributed by atoms with van der Waals surface area (Å²) in [6, 6.07) is 1.89. The van der Waals surface area contributed by atoms with E-state index in [0.717, 1.165) is 31.1 Å². The molecule has 0 radical (unpaired) electrons. The molecule has 3 N–H and O–H groups in total. The van der Waals surface area contributed by atoms with E-state index in [9.17, 15) is 9.59 Å². The van der Waals surface area contributed by atoms with Gasteiger partial charge in [-0.25, -0.2) is 9.97 Å². The van der Waals surface area contributed by atoms with E-state index in [1.54, 1.807) is 36.5 Å². The lowest BCUT2D eigenvalue weighted by molar-refractivity contribution is -0.125. The summed E-state index contributed by atoms with van der Waals surface area (Å²) in [7, 11) is 1.66. The maximum absolute atomic E-state index is 12.9. The van der Waals surface area contributed by atoms with Crippen molar-refractivity contribution in [2.75, 3.05) is 7.05 Å². The van der Waals surface area contributed by atoms with E-state index in [1.807, 2.05) is 6.07 Å². The molecule has 0 atom stereocenters. The van der Waals surface area contributed by atoms with Crippen LogP contribution in [0.15, 0.2) is 31.0 Å². The maximum atomic E-state index is 12.9. The van der Waals surface area contributed by atoms with Gasteiger partial charge < -0.3 is 10.6 Å². The molecule has 9 heteroatoms. The van der Waals surface area contributed by atoms with Gasteiger partial charge in [0.25, 0.3) is 5.91 Å². The van der Waals surface area contributed by atoms with Crippen LogP contribution in [0.25, 0.3) is 16.7 Å². The highest BCUT2D eigenvalue weighted by molar-refractivity contribution is 6.04. The number of aromatic nitrogens is 5. The zero-order valence-electron chi connectivity index (χ0n) is 15.0. The Labute approximate surface area is 155 Å². The molecule has 0 aromatic carbocycles. The zero-order valence-corrected chi connectivity index (χ0v) is 15.0. The normalized spacial score (nSPS) is 19.7. The first-order valence-electron chi connectivity index (χ1n) is 9.00. The van der Waals surface area contributed by atoms with Crippen LogP contribution in [0.5, 0.6) is 0 Å². The molecule has 1 aliphatic rings. The van der Waals surface area contributed by atoms with E-state index in [4.69, 9.17) is 0 Å². The van der Waals surface area contributed by atoms with Crippen molar-refractivity contribution < 1.29 is 9.59 Å². The molecule has 27 heavy (non-hydrogen) atoms. The number of carbonyl (C=O) groups is 2. The van der Waals surface area contributed by atoms with Crippen LogP contribution in [0.4, 0.5) is 0 Å². The van der Waals surface area contributed by atoms with Gasteiger partial charge >= 0.3 is 0 Å². The number of amides is 2. The summed E-state index contributed by atoms with van der Waals surface area (Å²) < 4.78 is 1.75. The third-order valence-corrected chi connectivity index (χ3v) is 5.08. The molecule has 1 saturated carbocycles. The van der Waals surface area contributed by atoms with Gasteiger partial charge in [-0.05, 0) is 31.7 Å². The fourth-order valence-corrected chi connectivity index (χ4v) is 3.59. The average Bonchev–Trinajstić information content (AvgIpc) is 3.38. The second-order valence-electron chi connectivity index (χ2n) is 6.77. The topological polar surface area (TPSA) is 118 Å². The van der Waals surface area contributed by atoms with Gasteiger partial charge in [-0.15, -0.1) is 0 Å². The van der Waals surface area contributed by atoms with Gasteiger partial charge in [0, 0.05) is 36.8 Å².